The highest BCUT2D eigenvalue weighted by Gasteiger charge is 2.34. The molecule has 1 heterocycles. The monoisotopic (exact) mass is 512 g/mol. The molecule has 0 amide bonds. The molecular weight excluding hydrogens is 484 g/mol. The highest BCUT2D eigenvalue weighted by atomic mass is 16.5. The lowest BCUT2D eigenvalue weighted by Crippen LogP contribution is -2.25. The number of aryl methyl sites for hydroxylation is 1. The molecule has 2 aliphatic rings. The van der Waals surface area contributed by atoms with Crippen LogP contribution in [0, 0.1) is 0 Å². The minimum Gasteiger partial charge on any atom is -0.511 e. The maximum atomic E-state index is 13.2. The predicted octanol–water partition coefficient (Wildman–Crippen LogP) is 5.00. The molecule has 2 unspecified atom stereocenters. The van der Waals surface area contributed by atoms with E-state index in [1.54, 1.807) is 0 Å². The summed E-state index contributed by atoms with van der Waals surface area (Å²) in [5, 5.41) is 24.2. The number of carboxylic acids is 1. The molecule has 0 radical (unpaired) electrons. The summed E-state index contributed by atoms with van der Waals surface area (Å²) in [4.78, 5) is 41.7. The third-order valence-corrected chi connectivity index (χ3v) is 7.25. The van der Waals surface area contributed by atoms with Gasteiger partial charge in [0.1, 0.15) is 18.1 Å². The van der Waals surface area contributed by atoms with Crippen molar-refractivity contribution < 1.29 is 29.1 Å². The van der Waals surface area contributed by atoms with Crippen molar-refractivity contribution in [3.63, 3.8) is 0 Å². The molecule has 0 saturated carbocycles. The van der Waals surface area contributed by atoms with Crippen LogP contribution in [0.15, 0.2) is 81.5 Å². The fourth-order valence-corrected chi connectivity index (χ4v) is 5.44. The number of aliphatic imine (C=N–C) groups is 1. The number of benzene rings is 2. The zero-order valence-corrected chi connectivity index (χ0v) is 20.8. The van der Waals surface area contributed by atoms with Gasteiger partial charge in [-0.05, 0) is 35.8 Å². The number of fused-ring (bicyclic) bond motifs is 1. The Morgan fingerprint density at radius 1 is 0.895 bits per heavy atom. The van der Waals surface area contributed by atoms with Crippen molar-refractivity contribution in [1.82, 2.24) is 5.16 Å². The maximum absolute atomic E-state index is 13.2. The topological polar surface area (TPSA) is 130 Å². The van der Waals surface area contributed by atoms with Crippen LogP contribution in [0.2, 0.25) is 0 Å². The molecular formula is C30H28N2O6. The van der Waals surface area contributed by atoms with Gasteiger partial charge in [-0.25, -0.2) is 0 Å². The largest absolute Gasteiger partial charge is 0.511 e. The number of rotatable bonds is 8. The van der Waals surface area contributed by atoms with Crippen LogP contribution in [0.4, 0.5) is 0 Å². The predicted molar refractivity (Wildman–Crippen MR) is 140 cm³/mol. The van der Waals surface area contributed by atoms with Crippen molar-refractivity contribution in [3.05, 3.63) is 100 Å². The summed E-state index contributed by atoms with van der Waals surface area (Å²) in [6.45, 7) is -0.532. The van der Waals surface area contributed by atoms with Crippen LogP contribution >= 0.6 is 0 Å². The van der Waals surface area contributed by atoms with Crippen molar-refractivity contribution in [2.24, 2.45) is 4.99 Å². The molecule has 8 nitrogen and oxygen atoms in total. The van der Waals surface area contributed by atoms with Crippen molar-refractivity contribution in [2.75, 3.05) is 6.54 Å². The number of aliphatic carboxylic acids is 1. The van der Waals surface area contributed by atoms with Crippen LogP contribution in [0.25, 0.3) is 0 Å². The van der Waals surface area contributed by atoms with E-state index in [0.29, 0.717) is 29.9 Å². The molecule has 2 aromatic carbocycles. The van der Waals surface area contributed by atoms with E-state index in [1.807, 2.05) is 60.7 Å². The van der Waals surface area contributed by atoms with E-state index >= 15 is 0 Å². The molecule has 2 aliphatic carbocycles. The summed E-state index contributed by atoms with van der Waals surface area (Å²) < 4.78 is 5.56. The number of hydrogen-bond donors (Lipinski definition) is 2. The smallest absolute Gasteiger partial charge is 0.325 e. The summed E-state index contributed by atoms with van der Waals surface area (Å²) in [7, 11) is 0. The minimum atomic E-state index is -1.14. The lowest BCUT2D eigenvalue weighted by atomic mass is 9.80. The first-order valence-corrected chi connectivity index (χ1v) is 12.7. The Kier molecular flexibility index (Phi) is 7.31. The van der Waals surface area contributed by atoms with Crippen molar-refractivity contribution >= 4 is 23.2 Å². The summed E-state index contributed by atoms with van der Waals surface area (Å²) in [5.41, 5.74) is 3.24. The second-order valence-corrected chi connectivity index (χ2v) is 9.78. The first-order valence-electron chi connectivity index (χ1n) is 12.7. The quantitative estimate of drug-likeness (QED) is 0.406. The molecule has 0 spiro atoms. The SMILES string of the molecule is O=C(O)CN=C(CCc1noc2c1C(=O)CC(c1ccccc1)C2)C1=C(O)CC(c2ccccc2)CC1=O. The molecule has 5 rings (SSSR count). The molecule has 194 valence electrons. The van der Waals surface area contributed by atoms with Crippen molar-refractivity contribution in [3.8, 4) is 0 Å². The van der Waals surface area contributed by atoms with E-state index in [9.17, 15) is 24.6 Å². The lowest BCUT2D eigenvalue weighted by molar-refractivity contribution is -0.135. The highest BCUT2D eigenvalue weighted by molar-refractivity contribution is 6.23. The molecule has 2 atom stereocenters. The van der Waals surface area contributed by atoms with E-state index < -0.39 is 12.5 Å². The summed E-state index contributed by atoms with van der Waals surface area (Å²) in [6, 6.07) is 19.3. The number of carbonyl (C=O) groups is 3. The number of ketones is 2. The van der Waals surface area contributed by atoms with Crippen LogP contribution in [-0.2, 0) is 22.4 Å². The Morgan fingerprint density at radius 3 is 2.11 bits per heavy atom. The van der Waals surface area contributed by atoms with Gasteiger partial charge in [-0.3, -0.25) is 19.4 Å². The number of aliphatic hydroxyl groups is 1. The molecule has 38 heavy (non-hydrogen) atoms. The highest BCUT2D eigenvalue weighted by Crippen LogP contribution is 2.36. The van der Waals surface area contributed by atoms with Gasteiger partial charge in [0.05, 0.1) is 22.5 Å². The van der Waals surface area contributed by atoms with Crippen molar-refractivity contribution in [1.29, 1.82) is 0 Å². The molecule has 8 heteroatoms. The molecule has 0 aliphatic heterocycles. The van der Waals surface area contributed by atoms with Crippen LogP contribution in [0.5, 0.6) is 0 Å². The van der Waals surface area contributed by atoms with Gasteiger partial charge in [0.25, 0.3) is 0 Å². The fraction of sp³-hybridized carbons (Fsp3) is 0.300. The number of allylic oxidation sites excluding steroid dienone is 2. The van der Waals surface area contributed by atoms with Crippen molar-refractivity contribution in [2.45, 2.75) is 50.4 Å². The van der Waals surface area contributed by atoms with Gasteiger partial charge in [-0.2, -0.15) is 0 Å². The van der Waals surface area contributed by atoms with E-state index in [-0.39, 0.29) is 66.1 Å². The molecule has 0 fully saturated rings. The number of nitrogens with zero attached hydrogens (tertiary/aromatic N) is 2. The average Bonchev–Trinajstić information content (AvgIpc) is 3.34. The first-order chi connectivity index (χ1) is 18.4. The zero-order valence-electron chi connectivity index (χ0n) is 20.8. The number of carbonyl (C=O) groups excluding carboxylic acids is 2. The van der Waals surface area contributed by atoms with Crippen LogP contribution < -0.4 is 0 Å². The van der Waals surface area contributed by atoms with Crippen LogP contribution in [0.3, 0.4) is 0 Å². The van der Waals surface area contributed by atoms with E-state index in [2.05, 4.69) is 10.1 Å². The molecule has 0 saturated heterocycles. The molecule has 0 bridgehead atoms. The third-order valence-electron chi connectivity index (χ3n) is 7.25. The number of aliphatic hydroxyl groups excluding tert-OH is 1. The lowest BCUT2D eigenvalue weighted by Gasteiger charge is -2.24. The van der Waals surface area contributed by atoms with E-state index in [4.69, 9.17) is 4.52 Å². The Morgan fingerprint density at radius 2 is 1.50 bits per heavy atom. The Labute approximate surface area is 219 Å². The minimum absolute atomic E-state index is 0.0178. The third kappa shape index (κ3) is 5.34. The van der Waals surface area contributed by atoms with E-state index in [0.717, 1.165) is 11.1 Å². The summed E-state index contributed by atoms with van der Waals surface area (Å²) in [5.74, 6) is -1.18. The van der Waals surface area contributed by atoms with Crippen LogP contribution in [0.1, 0.15) is 70.5 Å². The van der Waals surface area contributed by atoms with Gasteiger partial charge in [-0.1, -0.05) is 65.8 Å². The van der Waals surface area contributed by atoms with Crippen LogP contribution in [-0.4, -0.2) is 45.2 Å². The number of Topliss-reactive ketones (excluding diaryl/α,β-unsaturated/α-hetero) is 2. The molecule has 2 N–H and O–H groups in total. The van der Waals surface area contributed by atoms with Gasteiger partial charge < -0.3 is 14.7 Å². The zero-order chi connectivity index (χ0) is 26.6. The van der Waals surface area contributed by atoms with Gasteiger partial charge in [0.15, 0.2) is 11.6 Å². The molecule has 1 aromatic heterocycles. The Balaban J connectivity index is 1.36. The Hall–Kier alpha value is -4.33. The average molecular weight is 513 g/mol. The second kappa shape index (κ2) is 11.0. The van der Waals surface area contributed by atoms with Gasteiger partial charge in [0, 0.05) is 25.7 Å². The molecule has 3 aromatic rings. The standard InChI is InChI=1S/C30H28N2O6/c33-24-13-20(18-7-3-1-4-8-18)14-25(34)29(24)22(31-17-28(36)37)11-12-23-30-26(35)15-21(16-27(30)38-32-23)19-9-5-2-6-10-19/h1-10,20-21,33H,11-17H2,(H,36,37). The van der Waals surface area contributed by atoms with Gasteiger partial charge >= 0.3 is 5.97 Å². The fourth-order valence-electron chi connectivity index (χ4n) is 5.44. The first kappa shape index (κ1) is 25.3. The second-order valence-electron chi connectivity index (χ2n) is 9.78. The normalized spacial score (nSPS) is 19.9. The Bertz CT molecular complexity index is 1420. The number of carboxylic acid groups (broad SMARTS) is 1. The summed E-state index contributed by atoms with van der Waals surface area (Å²) >= 11 is 0. The van der Waals surface area contributed by atoms with Gasteiger partial charge in [0.2, 0.25) is 0 Å². The number of aromatic nitrogens is 1. The summed E-state index contributed by atoms with van der Waals surface area (Å²) in [6.07, 6.45) is 1.72. The van der Waals surface area contributed by atoms with Gasteiger partial charge in [-0.15, -0.1) is 0 Å². The number of hydrogen-bond acceptors (Lipinski definition) is 7. The maximum Gasteiger partial charge on any atom is 0.325 e. The van der Waals surface area contributed by atoms with E-state index in [1.165, 1.54) is 0 Å².